The van der Waals surface area contributed by atoms with E-state index >= 15 is 0 Å². The molecule has 0 aromatic heterocycles. The van der Waals surface area contributed by atoms with Crippen LogP contribution in [0, 0.1) is 11.3 Å². The third kappa shape index (κ3) is 5.79. The molecule has 0 fully saturated rings. The molecule has 0 saturated carbocycles. The predicted octanol–water partition coefficient (Wildman–Crippen LogP) is 5.75. The monoisotopic (exact) mass is 256 g/mol. The Morgan fingerprint density at radius 2 is 1.50 bits per heavy atom. The normalized spacial score (nSPS) is 13.4. The van der Waals surface area contributed by atoms with Crippen molar-refractivity contribution in [1.29, 1.82) is 0 Å². The molecule has 0 saturated heterocycles. The van der Waals surface area contributed by atoms with Crippen LogP contribution < -0.4 is 0 Å². The van der Waals surface area contributed by atoms with E-state index in [0.29, 0.717) is 11.5 Å². The summed E-state index contributed by atoms with van der Waals surface area (Å²) in [6.07, 6.45) is 9.03. The maximum absolute atomic E-state index is 9.21. The van der Waals surface area contributed by atoms with Crippen molar-refractivity contribution in [3.05, 3.63) is 11.5 Å². The van der Waals surface area contributed by atoms with E-state index in [9.17, 15) is 10.2 Å². The van der Waals surface area contributed by atoms with Gasteiger partial charge in [-0.3, -0.25) is 0 Å². The van der Waals surface area contributed by atoms with Crippen LogP contribution in [0.3, 0.4) is 0 Å². The van der Waals surface area contributed by atoms with Gasteiger partial charge in [0.05, 0.1) is 0 Å². The van der Waals surface area contributed by atoms with E-state index < -0.39 is 5.95 Å². The van der Waals surface area contributed by atoms with Crippen molar-refractivity contribution in [1.82, 2.24) is 0 Å². The summed E-state index contributed by atoms with van der Waals surface area (Å²) in [4.78, 5) is 0. The number of aliphatic hydroxyl groups excluding tert-OH is 1. The first-order chi connectivity index (χ1) is 8.34. The SMILES string of the molecule is CCCCCCCCC(C)C(C)(C)C(C)=C(O)O. The first-order valence-corrected chi connectivity index (χ1v) is 7.43. The molecule has 0 aliphatic rings. The van der Waals surface area contributed by atoms with E-state index in [1.807, 2.05) is 6.92 Å². The van der Waals surface area contributed by atoms with Gasteiger partial charge in [-0.25, -0.2) is 0 Å². The lowest BCUT2D eigenvalue weighted by atomic mass is 9.72. The highest BCUT2D eigenvalue weighted by molar-refractivity contribution is 5.10. The summed E-state index contributed by atoms with van der Waals surface area (Å²) in [7, 11) is 0. The predicted molar refractivity (Wildman–Crippen MR) is 78.9 cm³/mol. The van der Waals surface area contributed by atoms with Crippen LogP contribution in [0.5, 0.6) is 0 Å². The largest absolute Gasteiger partial charge is 0.481 e. The second kappa shape index (κ2) is 8.44. The Bertz CT molecular complexity index is 250. The van der Waals surface area contributed by atoms with E-state index in [1.54, 1.807) is 0 Å². The molecule has 0 spiro atoms. The second-order valence-corrected chi connectivity index (χ2v) is 6.13. The van der Waals surface area contributed by atoms with E-state index in [-0.39, 0.29) is 5.41 Å². The summed E-state index contributed by atoms with van der Waals surface area (Å²) in [5.41, 5.74) is 0.559. The van der Waals surface area contributed by atoms with Crippen molar-refractivity contribution in [2.24, 2.45) is 11.3 Å². The van der Waals surface area contributed by atoms with Gasteiger partial charge in [0, 0.05) is 5.57 Å². The highest BCUT2D eigenvalue weighted by Gasteiger charge is 2.29. The zero-order chi connectivity index (χ0) is 14.2. The van der Waals surface area contributed by atoms with Crippen molar-refractivity contribution in [3.8, 4) is 0 Å². The van der Waals surface area contributed by atoms with Crippen LogP contribution in [0.25, 0.3) is 0 Å². The van der Waals surface area contributed by atoms with Gasteiger partial charge in [0.2, 0.25) is 0 Å². The van der Waals surface area contributed by atoms with Gasteiger partial charge in [-0.15, -0.1) is 0 Å². The fraction of sp³-hybridized carbons (Fsp3) is 0.875. The van der Waals surface area contributed by atoms with Crippen LogP contribution >= 0.6 is 0 Å². The fourth-order valence-corrected chi connectivity index (χ4v) is 2.25. The molecule has 108 valence electrons. The fourth-order valence-electron chi connectivity index (χ4n) is 2.25. The van der Waals surface area contributed by atoms with Crippen LogP contribution in [-0.4, -0.2) is 10.2 Å². The minimum Gasteiger partial charge on any atom is -0.481 e. The lowest BCUT2D eigenvalue weighted by molar-refractivity contribution is 0.158. The lowest BCUT2D eigenvalue weighted by Crippen LogP contribution is -2.24. The van der Waals surface area contributed by atoms with Gasteiger partial charge in [-0.05, 0) is 24.7 Å². The Morgan fingerprint density at radius 1 is 1.00 bits per heavy atom. The number of allylic oxidation sites excluding steroid dienone is 1. The smallest absolute Gasteiger partial charge is 0.273 e. The minimum absolute atomic E-state index is 0.137. The van der Waals surface area contributed by atoms with Gasteiger partial charge in [0.15, 0.2) is 0 Å². The van der Waals surface area contributed by atoms with E-state index in [0.717, 1.165) is 6.42 Å². The first-order valence-electron chi connectivity index (χ1n) is 7.43. The molecule has 2 N–H and O–H groups in total. The molecule has 1 unspecified atom stereocenters. The molecular formula is C16H32O2. The summed E-state index contributed by atoms with van der Waals surface area (Å²) >= 11 is 0. The third-order valence-electron chi connectivity index (χ3n) is 4.52. The average molecular weight is 256 g/mol. The summed E-state index contributed by atoms with van der Waals surface area (Å²) in [6.45, 7) is 10.4. The van der Waals surface area contributed by atoms with Gasteiger partial charge in [0.25, 0.3) is 5.95 Å². The summed E-state index contributed by atoms with van der Waals surface area (Å²) in [5.74, 6) is -0.0345. The van der Waals surface area contributed by atoms with Crippen LogP contribution in [0.1, 0.15) is 79.6 Å². The summed E-state index contributed by atoms with van der Waals surface area (Å²) in [5, 5.41) is 18.4. The molecule has 2 nitrogen and oxygen atoms in total. The van der Waals surface area contributed by atoms with Gasteiger partial charge >= 0.3 is 0 Å². The van der Waals surface area contributed by atoms with Crippen LogP contribution in [-0.2, 0) is 0 Å². The number of unbranched alkanes of at least 4 members (excludes halogenated alkanes) is 5. The maximum Gasteiger partial charge on any atom is 0.273 e. The highest BCUT2D eigenvalue weighted by atomic mass is 16.5. The van der Waals surface area contributed by atoms with Gasteiger partial charge in [-0.2, -0.15) is 0 Å². The van der Waals surface area contributed by atoms with E-state index in [4.69, 9.17) is 0 Å². The number of hydrogen-bond donors (Lipinski definition) is 2. The number of hydrogen-bond acceptors (Lipinski definition) is 2. The quantitative estimate of drug-likeness (QED) is 0.407. The molecular weight excluding hydrogens is 224 g/mol. The molecule has 0 aromatic carbocycles. The summed E-state index contributed by atoms with van der Waals surface area (Å²) < 4.78 is 0. The van der Waals surface area contributed by atoms with Crippen LogP contribution in [0.4, 0.5) is 0 Å². The second-order valence-electron chi connectivity index (χ2n) is 6.13. The third-order valence-corrected chi connectivity index (χ3v) is 4.52. The summed E-state index contributed by atoms with van der Waals surface area (Å²) in [6, 6.07) is 0. The number of rotatable bonds is 9. The Hall–Kier alpha value is -0.660. The molecule has 0 aromatic rings. The van der Waals surface area contributed by atoms with E-state index in [1.165, 1.54) is 38.5 Å². The molecule has 18 heavy (non-hydrogen) atoms. The molecule has 1 atom stereocenters. The van der Waals surface area contributed by atoms with Crippen molar-refractivity contribution in [2.45, 2.75) is 79.6 Å². The standard InChI is InChI=1S/C16H32O2/c1-6-7-8-9-10-11-12-13(2)16(4,5)14(3)15(17)18/h13,17-18H,6-12H2,1-5H3. The average Bonchev–Trinajstić information content (AvgIpc) is 2.31. The van der Waals surface area contributed by atoms with Gasteiger partial charge in [-0.1, -0.05) is 66.2 Å². The topological polar surface area (TPSA) is 40.5 Å². The zero-order valence-electron chi connectivity index (χ0n) is 12.9. The molecule has 0 aliphatic carbocycles. The van der Waals surface area contributed by atoms with E-state index in [2.05, 4.69) is 27.7 Å². The molecule has 0 rings (SSSR count). The van der Waals surface area contributed by atoms with Crippen molar-refractivity contribution in [2.75, 3.05) is 0 Å². The Morgan fingerprint density at radius 3 is 2.00 bits per heavy atom. The maximum atomic E-state index is 9.21. The van der Waals surface area contributed by atoms with Gasteiger partial charge in [0.1, 0.15) is 0 Å². The molecule has 2 heteroatoms. The molecule has 0 heterocycles. The van der Waals surface area contributed by atoms with Gasteiger partial charge < -0.3 is 10.2 Å². The Labute approximate surface area is 113 Å². The number of aliphatic hydroxyl groups is 2. The zero-order valence-corrected chi connectivity index (χ0v) is 12.9. The first kappa shape index (κ1) is 17.3. The van der Waals surface area contributed by atoms with Crippen molar-refractivity contribution < 1.29 is 10.2 Å². The van der Waals surface area contributed by atoms with Crippen molar-refractivity contribution in [3.63, 3.8) is 0 Å². The molecule has 0 bridgehead atoms. The van der Waals surface area contributed by atoms with Crippen LogP contribution in [0.15, 0.2) is 11.5 Å². The Kier molecular flexibility index (Phi) is 8.13. The molecule has 0 radical (unpaired) electrons. The van der Waals surface area contributed by atoms with Crippen LogP contribution in [0.2, 0.25) is 0 Å². The Balaban J connectivity index is 4.02. The highest BCUT2D eigenvalue weighted by Crippen LogP contribution is 2.38. The molecule has 0 amide bonds. The lowest BCUT2D eigenvalue weighted by Gasteiger charge is -2.32. The molecule has 0 aliphatic heterocycles. The van der Waals surface area contributed by atoms with Crippen molar-refractivity contribution >= 4 is 0 Å². The minimum atomic E-state index is -0.505.